The molecule has 3 amide bonds. The molecule has 34 heavy (non-hydrogen) atoms. The van der Waals surface area contributed by atoms with Gasteiger partial charge in [0.25, 0.3) is 5.91 Å². The highest BCUT2D eigenvalue weighted by Crippen LogP contribution is 2.28. The van der Waals surface area contributed by atoms with Crippen molar-refractivity contribution >= 4 is 39.9 Å². The molecule has 0 atom stereocenters. The average Bonchev–Trinajstić information content (AvgIpc) is 3.06. The number of aromatic carboxylic acids is 1. The van der Waals surface area contributed by atoms with Crippen LogP contribution in [0.4, 0.5) is 4.79 Å². The number of hydrogen-bond donors (Lipinski definition) is 2. The molecular formula is C26H21BrN2O5. The molecule has 172 valence electrons. The number of benzene rings is 3. The van der Waals surface area contributed by atoms with Crippen LogP contribution in [0.5, 0.6) is 5.75 Å². The van der Waals surface area contributed by atoms with Gasteiger partial charge in [-0.3, -0.25) is 9.69 Å². The summed E-state index contributed by atoms with van der Waals surface area (Å²) in [7, 11) is 0. The smallest absolute Gasteiger partial charge is 0.335 e. The molecule has 0 aromatic heterocycles. The van der Waals surface area contributed by atoms with Gasteiger partial charge in [0.15, 0.2) is 0 Å². The highest BCUT2D eigenvalue weighted by molar-refractivity contribution is 9.10. The summed E-state index contributed by atoms with van der Waals surface area (Å²) in [6.07, 6.45) is 1.59. The quantitative estimate of drug-likeness (QED) is 0.332. The van der Waals surface area contributed by atoms with E-state index in [1.807, 2.05) is 37.3 Å². The number of carboxylic acid groups (broad SMARTS) is 1. The zero-order valence-electron chi connectivity index (χ0n) is 18.2. The Hall–Kier alpha value is -3.91. The normalized spacial score (nSPS) is 14.4. The standard InChI is InChI=1S/C26H21BrN2O5/c1-16-3-2-4-18(11-16)14-29-24(30)22(28-26(29)33)13-20-12-21(27)9-10-23(20)34-15-17-5-7-19(8-6-17)25(31)32/h2-13H,14-15H2,1H3,(H,28,33)(H,31,32)/b22-13+. The fourth-order valence-electron chi connectivity index (χ4n) is 3.53. The molecular weight excluding hydrogens is 500 g/mol. The molecule has 4 rings (SSSR count). The average molecular weight is 521 g/mol. The minimum atomic E-state index is -0.992. The molecule has 3 aromatic rings. The number of ether oxygens (including phenoxy) is 1. The van der Waals surface area contributed by atoms with Crippen LogP contribution in [0.15, 0.2) is 76.9 Å². The van der Waals surface area contributed by atoms with Crippen molar-refractivity contribution in [3.63, 3.8) is 0 Å². The Kier molecular flexibility index (Phi) is 6.79. The first-order chi connectivity index (χ1) is 16.3. The summed E-state index contributed by atoms with van der Waals surface area (Å²) in [6.45, 7) is 2.34. The predicted octanol–water partition coefficient (Wildman–Crippen LogP) is 5.13. The number of imide groups is 1. The van der Waals surface area contributed by atoms with Crippen molar-refractivity contribution in [1.82, 2.24) is 10.2 Å². The summed E-state index contributed by atoms with van der Waals surface area (Å²) in [5.41, 5.74) is 3.67. The van der Waals surface area contributed by atoms with Crippen LogP contribution in [0.2, 0.25) is 0 Å². The maximum atomic E-state index is 12.9. The Bertz CT molecular complexity index is 1300. The molecule has 0 aliphatic carbocycles. The van der Waals surface area contributed by atoms with E-state index in [0.29, 0.717) is 11.3 Å². The number of rotatable bonds is 7. The lowest BCUT2D eigenvalue weighted by molar-refractivity contribution is -0.123. The molecule has 0 unspecified atom stereocenters. The number of carbonyl (C=O) groups excluding carboxylic acids is 2. The van der Waals surface area contributed by atoms with E-state index in [9.17, 15) is 14.4 Å². The third-order valence-corrected chi connectivity index (χ3v) is 5.75. The number of carbonyl (C=O) groups is 3. The number of amides is 3. The second kappa shape index (κ2) is 9.93. The zero-order valence-corrected chi connectivity index (χ0v) is 19.8. The van der Waals surface area contributed by atoms with Crippen molar-refractivity contribution in [3.8, 4) is 5.75 Å². The molecule has 1 aliphatic rings. The molecule has 7 nitrogen and oxygen atoms in total. The summed E-state index contributed by atoms with van der Waals surface area (Å²) >= 11 is 3.43. The lowest BCUT2D eigenvalue weighted by Crippen LogP contribution is -2.30. The summed E-state index contributed by atoms with van der Waals surface area (Å²) < 4.78 is 6.72. The van der Waals surface area contributed by atoms with E-state index in [1.165, 1.54) is 17.0 Å². The van der Waals surface area contributed by atoms with Crippen molar-refractivity contribution in [2.45, 2.75) is 20.1 Å². The molecule has 0 bridgehead atoms. The first-order valence-corrected chi connectivity index (χ1v) is 11.2. The predicted molar refractivity (Wildman–Crippen MR) is 130 cm³/mol. The highest BCUT2D eigenvalue weighted by atomic mass is 79.9. The second-order valence-electron chi connectivity index (χ2n) is 7.84. The Morgan fingerprint density at radius 1 is 1.06 bits per heavy atom. The van der Waals surface area contributed by atoms with Crippen LogP contribution in [-0.2, 0) is 17.9 Å². The number of nitrogens with one attached hydrogen (secondary N) is 1. The molecule has 0 saturated carbocycles. The van der Waals surface area contributed by atoms with Gasteiger partial charge in [0, 0.05) is 10.0 Å². The topological polar surface area (TPSA) is 95.9 Å². The van der Waals surface area contributed by atoms with Crippen LogP contribution in [0.1, 0.15) is 32.6 Å². The van der Waals surface area contributed by atoms with E-state index >= 15 is 0 Å². The van der Waals surface area contributed by atoms with Crippen molar-refractivity contribution in [2.24, 2.45) is 0 Å². The van der Waals surface area contributed by atoms with Gasteiger partial charge in [-0.2, -0.15) is 0 Å². The number of aryl methyl sites for hydroxylation is 1. The molecule has 2 N–H and O–H groups in total. The van der Waals surface area contributed by atoms with Crippen LogP contribution < -0.4 is 10.1 Å². The van der Waals surface area contributed by atoms with Crippen molar-refractivity contribution in [3.05, 3.63) is 105 Å². The minimum absolute atomic E-state index is 0.159. The van der Waals surface area contributed by atoms with E-state index in [4.69, 9.17) is 9.84 Å². The van der Waals surface area contributed by atoms with E-state index in [0.717, 1.165) is 21.2 Å². The van der Waals surface area contributed by atoms with E-state index in [2.05, 4.69) is 21.2 Å². The molecule has 1 aliphatic heterocycles. The Labute approximate surface area is 204 Å². The molecule has 1 fully saturated rings. The Morgan fingerprint density at radius 2 is 1.82 bits per heavy atom. The van der Waals surface area contributed by atoms with E-state index in [-0.39, 0.29) is 24.4 Å². The summed E-state index contributed by atoms with van der Waals surface area (Å²) in [5, 5.41) is 11.7. The maximum absolute atomic E-state index is 12.9. The van der Waals surface area contributed by atoms with Gasteiger partial charge in [0.05, 0.1) is 12.1 Å². The molecule has 0 spiro atoms. The summed E-state index contributed by atoms with van der Waals surface area (Å²) in [6, 6.07) is 18.9. The van der Waals surface area contributed by atoms with Gasteiger partial charge in [0.1, 0.15) is 18.1 Å². The highest BCUT2D eigenvalue weighted by Gasteiger charge is 2.33. The van der Waals surface area contributed by atoms with Gasteiger partial charge < -0.3 is 15.2 Å². The minimum Gasteiger partial charge on any atom is -0.488 e. The van der Waals surface area contributed by atoms with Crippen LogP contribution in [0.25, 0.3) is 6.08 Å². The first kappa shape index (κ1) is 23.3. The number of halogens is 1. The third-order valence-electron chi connectivity index (χ3n) is 5.25. The van der Waals surface area contributed by atoms with Crippen molar-refractivity contribution in [2.75, 3.05) is 0 Å². The van der Waals surface area contributed by atoms with Crippen LogP contribution in [0, 0.1) is 6.92 Å². The monoisotopic (exact) mass is 520 g/mol. The fraction of sp³-hybridized carbons (Fsp3) is 0.115. The summed E-state index contributed by atoms with van der Waals surface area (Å²) in [5.74, 6) is -0.895. The number of hydrogen-bond acceptors (Lipinski definition) is 4. The zero-order chi connectivity index (χ0) is 24.2. The van der Waals surface area contributed by atoms with Crippen LogP contribution >= 0.6 is 15.9 Å². The van der Waals surface area contributed by atoms with Crippen molar-refractivity contribution < 1.29 is 24.2 Å². The van der Waals surface area contributed by atoms with Gasteiger partial charge in [-0.1, -0.05) is 57.9 Å². The van der Waals surface area contributed by atoms with Gasteiger partial charge in [-0.05, 0) is 54.5 Å². The molecule has 1 heterocycles. The molecule has 0 radical (unpaired) electrons. The molecule has 3 aromatic carbocycles. The fourth-order valence-corrected chi connectivity index (χ4v) is 3.91. The van der Waals surface area contributed by atoms with Crippen molar-refractivity contribution in [1.29, 1.82) is 0 Å². The second-order valence-corrected chi connectivity index (χ2v) is 8.76. The van der Waals surface area contributed by atoms with Crippen LogP contribution in [-0.4, -0.2) is 27.9 Å². The number of urea groups is 1. The summed E-state index contributed by atoms with van der Waals surface area (Å²) in [4.78, 5) is 37.6. The SMILES string of the molecule is Cc1cccc(CN2C(=O)N/C(=C/c3cc(Br)ccc3OCc3ccc(C(=O)O)cc3)C2=O)c1. The van der Waals surface area contributed by atoms with Crippen LogP contribution in [0.3, 0.4) is 0 Å². The lowest BCUT2D eigenvalue weighted by Gasteiger charge is -2.12. The third kappa shape index (κ3) is 5.35. The van der Waals surface area contributed by atoms with Gasteiger partial charge in [-0.15, -0.1) is 0 Å². The Balaban J connectivity index is 1.53. The number of carboxylic acids is 1. The molecule has 8 heteroatoms. The maximum Gasteiger partial charge on any atom is 0.335 e. The first-order valence-electron chi connectivity index (χ1n) is 10.4. The largest absolute Gasteiger partial charge is 0.488 e. The van der Waals surface area contributed by atoms with E-state index in [1.54, 1.807) is 30.3 Å². The van der Waals surface area contributed by atoms with Gasteiger partial charge in [-0.25, -0.2) is 9.59 Å². The lowest BCUT2D eigenvalue weighted by atomic mass is 10.1. The number of nitrogens with zero attached hydrogens (tertiary/aromatic N) is 1. The Morgan fingerprint density at radius 3 is 2.53 bits per heavy atom. The molecule has 1 saturated heterocycles. The van der Waals surface area contributed by atoms with E-state index < -0.39 is 17.9 Å². The van der Waals surface area contributed by atoms with Gasteiger partial charge in [0.2, 0.25) is 0 Å². The van der Waals surface area contributed by atoms with Gasteiger partial charge >= 0.3 is 12.0 Å².